The summed E-state index contributed by atoms with van der Waals surface area (Å²) < 4.78 is 20.7. The molecular formula is C24H25NO6. The number of ether oxygens (including phenoxy) is 2. The van der Waals surface area contributed by atoms with Gasteiger partial charge in [0, 0.05) is 19.4 Å². The number of nitrogens with zero attached hydrogens (tertiary/aromatic N) is 1. The Labute approximate surface area is 179 Å². The number of carbonyl (C=O) groups excluding carboxylic acids is 1. The summed E-state index contributed by atoms with van der Waals surface area (Å²) in [4.78, 5) is 26.0. The van der Waals surface area contributed by atoms with Crippen molar-refractivity contribution >= 4 is 16.9 Å². The number of piperidine rings is 1. The molecule has 2 aliphatic rings. The van der Waals surface area contributed by atoms with Crippen LogP contribution < -0.4 is 15.3 Å². The fraction of sp³-hybridized carbons (Fsp3) is 0.417. The van der Waals surface area contributed by atoms with Gasteiger partial charge in [0.2, 0.25) is 6.79 Å². The number of rotatable bonds is 7. The standard InChI is InChI=1S/C24H25NO6/c26-19(12-18-2-4-21-23(14-18)31-24(27)30-21)7-10-25-8-5-16(6-9-25)11-17-1-3-20-22(13-17)29-15-28-20/h1-4,13-14,16H,5-12,15H2. The highest BCUT2D eigenvalue weighted by Crippen LogP contribution is 2.34. The number of hydrogen-bond donors (Lipinski definition) is 0. The monoisotopic (exact) mass is 423 g/mol. The maximum Gasteiger partial charge on any atom is 0.519 e. The van der Waals surface area contributed by atoms with Crippen molar-refractivity contribution in [3.05, 3.63) is 58.1 Å². The molecule has 0 N–H and O–H groups in total. The van der Waals surface area contributed by atoms with Crippen LogP contribution in [0, 0.1) is 5.92 Å². The van der Waals surface area contributed by atoms with Gasteiger partial charge in [-0.05, 0) is 73.7 Å². The summed E-state index contributed by atoms with van der Waals surface area (Å²) >= 11 is 0. The lowest BCUT2D eigenvalue weighted by Crippen LogP contribution is -2.35. The van der Waals surface area contributed by atoms with Crippen LogP contribution in [0.25, 0.3) is 11.2 Å². The predicted octanol–water partition coefficient (Wildman–Crippen LogP) is 3.57. The van der Waals surface area contributed by atoms with Crippen LogP contribution in [0.1, 0.15) is 30.4 Å². The summed E-state index contributed by atoms with van der Waals surface area (Å²) in [7, 11) is 0. The van der Waals surface area contributed by atoms with Crippen LogP contribution in [0.4, 0.5) is 0 Å². The number of fused-ring (bicyclic) bond motifs is 2. The number of ketones is 1. The first kappa shape index (κ1) is 19.9. The molecule has 0 unspecified atom stereocenters. The van der Waals surface area contributed by atoms with E-state index in [1.807, 2.05) is 6.07 Å². The summed E-state index contributed by atoms with van der Waals surface area (Å²) in [6.07, 6.45) is 4.19. The molecule has 7 nitrogen and oxygen atoms in total. The Hall–Kier alpha value is -3.06. The third kappa shape index (κ3) is 4.66. The molecule has 0 radical (unpaired) electrons. The Morgan fingerprint density at radius 2 is 1.71 bits per heavy atom. The number of likely N-dealkylation sites (tertiary alicyclic amines) is 1. The average Bonchev–Trinajstić information content (AvgIpc) is 3.38. The van der Waals surface area contributed by atoms with Gasteiger partial charge in [0.15, 0.2) is 22.7 Å². The second-order valence-electron chi connectivity index (χ2n) is 8.38. The van der Waals surface area contributed by atoms with Crippen LogP contribution in [0.15, 0.2) is 50.0 Å². The predicted molar refractivity (Wildman–Crippen MR) is 114 cm³/mol. The first-order valence-electron chi connectivity index (χ1n) is 10.8. The van der Waals surface area contributed by atoms with Crippen LogP contribution in [-0.4, -0.2) is 37.1 Å². The molecule has 2 aliphatic heterocycles. The summed E-state index contributed by atoms with van der Waals surface area (Å²) in [5, 5.41) is 0. The smallest absolute Gasteiger partial charge is 0.454 e. The quantitative estimate of drug-likeness (QED) is 0.575. The molecule has 1 aromatic heterocycles. The second-order valence-corrected chi connectivity index (χ2v) is 8.38. The van der Waals surface area contributed by atoms with E-state index in [1.54, 1.807) is 18.2 Å². The van der Waals surface area contributed by atoms with Gasteiger partial charge >= 0.3 is 5.82 Å². The lowest BCUT2D eigenvalue weighted by Gasteiger charge is -2.31. The molecule has 1 saturated heterocycles. The van der Waals surface area contributed by atoms with E-state index in [-0.39, 0.29) is 5.78 Å². The molecule has 162 valence electrons. The van der Waals surface area contributed by atoms with E-state index in [4.69, 9.17) is 18.3 Å². The summed E-state index contributed by atoms with van der Waals surface area (Å²) in [5.74, 6) is 1.80. The van der Waals surface area contributed by atoms with Gasteiger partial charge < -0.3 is 23.2 Å². The van der Waals surface area contributed by atoms with Crippen molar-refractivity contribution in [1.29, 1.82) is 0 Å². The summed E-state index contributed by atoms with van der Waals surface area (Å²) in [5.41, 5.74) is 2.93. The number of Topliss-reactive ketones (excluding diaryl/α,β-unsaturated/α-hetero) is 1. The van der Waals surface area contributed by atoms with Crippen molar-refractivity contribution in [2.45, 2.75) is 32.1 Å². The van der Waals surface area contributed by atoms with E-state index < -0.39 is 5.82 Å². The maximum atomic E-state index is 12.4. The van der Waals surface area contributed by atoms with Gasteiger partial charge in [0.1, 0.15) is 5.78 Å². The average molecular weight is 423 g/mol. The largest absolute Gasteiger partial charge is 0.519 e. The molecule has 0 amide bonds. The zero-order valence-electron chi connectivity index (χ0n) is 17.3. The maximum absolute atomic E-state index is 12.4. The van der Waals surface area contributed by atoms with E-state index in [0.717, 1.165) is 56.0 Å². The minimum Gasteiger partial charge on any atom is -0.454 e. The minimum absolute atomic E-state index is 0.188. The molecule has 0 atom stereocenters. The van der Waals surface area contributed by atoms with Crippen LogP contribution in [-0.2, 0) is 17.6 Å². The Morgan fingerprint density at radius 1 is 0.935 bits per heavy atom. The lowest BCUT2D eigenvalue weighted by atomic mass is 9.90. The zero-order chi connectivity index (χ0) is 21.2. The molecule has 5 rings (SSSR count). The molecule has 2 aromatic carbocycles. The molecule has 0 saturated carbocycles. The van der Waals surface area contributed by atoms with Crippen molar-refractivity contribution in [3.63, 3.8) is 0 Å². The first-order chi connectivity index (χ1) is 15.1. The van der Waals surface area contributed by atoms with Crippen LogP contribution in [0.5, 0.6) is 11.5 Å². The highest BCUT2D eigenvalue weighted by Gasteiger charge is 2.21. The van der Waals surface area contributed by atoms with Crippen LogP contribution >= 0.6 is 0 Å². The number of benzene rings is 2. The van der Waals surface area contributed by atoms with Gasteiger partial charge in [-0.25, -0.2) is 4.79 Å². The van der Waals surface area contributed by atoms with E-state index in [2.05, 4.69) is 17.0 Å². The van der Waals surface area contributed by atoms with Gasteiger partial charge in [-0.15, -0.1) is 0 Å². The molecular weight excluding hydrogens is 398 g/mol. The summed E-state index contributed by atoms with van der Waals surface area (Å²) in [6, 6.07) is 11.4. The molecule has 0 bridgehead atoms. The Morgan fingerprint density at radius 3 is 2.58 bits per heavy atom. The van der Waals surface area contributed by atoms with Crippen LogP contribution in [0.2, 0.25) is 0 Å². The van der Waals surface area contributed by atoms with E-state index in [1.165, 1.54) is 5.56 Å². The van der Waals surface area contributed by atoms with E-state index in [9.17, 15) is 9.59 Å². The molecule has 31 heavy (non-hydrogen) atoms. The van der Waals surface area contributed by atoms with Gasteiger partial charge in [-0.3, -0.25) is 4.79 Å². The van der Waals surface area contributed by atoms with Gasteiger partial charge in [-0.2, -0.15) is 0 Å². The molecule has 7 heteroatoms. The summed E-state index contributed by atoms with van der Waals surface area (Å²) in [6.45, 7) is 3.14. The third-order valence-corrected chi connectivity index (χ3v) is 6.17. The van der Waals surface area contributed by atoms with E-state index >= 15 is 0 Å². The first-order valence-corrected chi connectivity index (χ1v) is 10.8. The fourth-order valence-corrected chi connectivity index (χ4v) is 4.44. The number of hydrogen-bond acceptors (Lipinski definition) is 7. The van der Waals surface area contributed by atoms with Gasteiger partial charge in [0.05, 0.1) is 0 Å². The topological polar surface area (TPSA) is 82.1 Å². The molecule has 3 heterocycles. The Balaban J connectivity index is 1.06. The normalized spacial score (nSPS) is 16.8. The highest BCUT2D eigenvalue weighted by molar-refractivity contribution is 5.82. The van der Waals surface area contributed by atoms with Crippen molar-refractivity contribution in [1.82, 2.24) is 4.90 Å². The Bertz CT molecular complexity index is 1140. The zero-order valence-corrected chi connectivity index (χ0v) is 17.3. The SMILES string of the molecule is O=C(CCN1CCC(Cc2ccc3c(c2)OCO3)CC1)Cc1ccc2oc(=O)oc2c1. The third-order valence-electron chi connectivity index (χ3n) is 6.17. The van der Waals surface area contributed by atoms with Gasteiger partial charge in [0.25, 0.3) is 0 Å². The second kappa shape index (κ2) is 8.59. The molecule has 0 aliphatic carbocycles. The van der Waals surface area contributed by atoms with Crippen molar-refractivity contribution in [3.8, 4) is 11.5 Å². The number of carbonyl (C=O) groups is 1. The molecule has 1 fully saturated rings. The highest BCUT2D eigenvalue weighted by atomic mass is 16.7. The van der Waals surface area contributed by atoms with Crippen molar-refractivity contribution < 1.29 is 23.1 Å². The Kier molecular flexibility index (Phi) is 5.51. The van der Waals surface area contributed by atoms with Crippen molar-refractivity contribution in [2.24, 2.45) is 5.92 Å². The molecule has 3 aromatic rings. The van der Waals surface area contributed by atoms with Crippen molar-refractivity contribution in [2.75, 3.05) is 26.4 Å². The molecule has 0 spiro atoms. The fourth-order valence-electron chi connectivity index (χ4n) is 4.44. The minimum atomic E-state index is -0.722. The van der Waals surface area contributed by atoms with E-state index in [0.29, 0.717) is 36.7 Å². The lowest BCUT2D eigenvalue weighted by molar-refractivity contribution is -0.118. The van der Waals surface area contributed by atoms with Gasteiger partial charge in [-0.1, -0.05) is 12.1 Å². The van der Waals surface area contributed by atoms with Crippen LogP contribution in [0.3, 0.4) is 0 Å².